The third-order valence-electron chi connectivity index (χ3n) is 4.77. The Hall–Kier alpha value is -1.62. The Morgan fingerprint density at radius 2 is 1.88 bits per heavy atom. The summed E-state index contributed by atoms with van der Waals surface area (Å²) in [5.41, 5.74) is 3.12. The first-order chi connectivity index (χ1) is 12.0. The Bertz CT molecular complexity index is 518. The van der Waals surface area contributed by atoms with Gasteiger partial charge in [0.1, 0.15) is 0 Å². The average molecular weight is 347 g/mol. The normalized spacial score (nSPS) is 15.6. The first-order valence-electron chi connectivity index (χ1n) is 9.70. The Kier molecular flexibility index (Phi) is 8.19. The maximum Gasteiger partial charge on any atom is 0.317 e. The Labute approximate surface area is 152 Å². The van der Waals surface area contributed by atoms with Crippen molar-refractivity contribution >= 4 is 6.03 Å². The number of unbranched alkanes of at least 4 members (excludes halogenated alkanes) is 1. The molecule has 2 rings (SSSR count). The van der Waals surface area contributed by atoms with Crippen molar-refractivity contribution in [3.05, 3.63) is 29.1 Å². The third kappa shape index (κ3) is 7.43. The van der Waals surface area contributed by atoms with Gasteiger partial charge >= 0.3 is 6.03 Å². The lowest BCUT2D eigenvalue weighted by atomic mass is 10.2. The van der Waals surface area contributed by atoms with Gasteiger partial charge in [-0.15, -0.1) is 0 Å². The second kappa shape index (κ2) is 10.4. The molecular weight excluding hydrogens is 312 g/mol. The zero-order chi connectivity index (χ0) is 18.1. The molecule has 25 heavy (non-hydrogen) atoms. The topological polar surface area (TPSA) is 48.5 Å². The third-order valence-corrected chi connectivity index (χ3v) is 4.77. The lowest BCUT2D eigenvalue weighted by Gasteiger charge is -2.20. The molecule has 1 aliphatic rings. The number of carbonyl (C=O) groups is 1. The van der Waals surface area contributed by atoms with Gasteiger partial charge in [-0.1, -0.05) is 12.8 Å². The highest BCUT2D eigenvalue weighted by atomic mass is 16.2. The van der Waals surface area contributed by atoms with Crippen LogP contribution in [0.1, 0.15) is 55.5 Å². The summed E-state index contributed by atoms with van der Waals surface area (Å²) in [6.45, 7) is 9.00. The van der Waals surface area contributed by atoms with Gasteiger partial charge in [-0.25, -0.2) is 4.79 Å². The number of amides is 2. The van der Waals surface area contributed by atoms with Crippen molar-refractivity contribution in [2.45, 2.75) is 58.9 Å². The number of rotatable bonds is 7. The highest BCUT2D eigenvalue weighted by Crippen LogP contribution is 2.10. The van der Waals surface area contributed by atoms with Crippen LogP contribution in [0.2, 0.25) is 0 Å². The summed E-state index contributed by atoms with van der Waals surface area (Å²) in [4.78, 5) is 21.0. The molecule has 0 aromatic carbocycles. The minimum atomic E-state index is -0.0178. The molecule has 1 aliphatic heterocycles. The molecule has 5 heteroatoms. The molecule has 2 heterocycles. The van der Waals surface area contributed by atoms with Crippen molar-refractivity contribution in [1.29, 1.82) is 0 Å². The van der Waals surface area contributed by atoms with Crippen molar-refractivity contribution in [2.24, 2.45) is 0 Å². The van der Waals surface area contributed by atoms with E-state index in [-0.39, 0.29) is 6.03 Å². The van der Waals surface area contributed by atoms with Crippen molar-refractivity contribution in [3.8, 4) is 0 Å². The van der Waals surface area contributed by atoms with Crippen LogP contribution >= 0.6 is 0 Å². The molecule has 0 spiro atoms. The zero-order valence-corrected chi connectivity index (χ0v) is 16.2. The van der Waals surface area contributed by atoms with E-state index in [4.69, 9.17) is 0 Å². The first-order valence-corrected chi connectivity index (χ1v) is 9.70. The Morgan fingerprint density at radius 3 is 2.56 bits per heavy atom. The number of pyridine rings is 1. The summed E-state index contributed by atoms with van der Waals surface area (Å²) in [6, 6.07) is 4.07. The lowest BCUT2D eigenvalue weighted by molar-refractivity contribution is 0.205. The largest absolute Gasteiger partial charge is 0.338 e. The van der Waals surface area contributed by atoms with Crippen LogP contribution in [0.4, 0.5) is 4.79 Å². The summed E-state index contributed by atoms with van der Waals surface area (Å²) in [5, 5.41) is 3.02. The minimum absolute atomic E-state index is 0.0178. The second-order valence-electron chi connectivity index (χ2n) is 7.33. The molecule has 1 aromatic rings. The molecule has 140 valence electrons. The molecule has 0 radical (unpaired) electrons. The van der Waals surface area contributed by atoms with Gasteiger partial charge in [-0.3, -0.25) is 4.98 Å². The SMILES string of the molecule is Cc1cc(C)nc(CN(C)C(=O)NCCCCN2CCCCCC2)c1. The molecule has 2 amide bonds. The van der Waals surface area contributed by atoms with E-state index < -0.39 is 0 Å². The minimum Gasteiger partial charge on any atom is -0.338 e. The van der Waals surface area contributed by atoms with Gasteiger partial charge < -0.3 is 15.1 Å². The van der Waals surface area contributed by atoms with Crippen molar-refractivity contribution < 1.29 is 4.79 Å². The van der Waals surface area contributed by atoms with Crippen LogP contribution < -0.4 is 5.32 Å². The summed E-state index contributed by atoms with van der Waals surface area (Å²) in [5.74, 6) is 0. The van der Waals surface area contributed by atoms with Gasteiger partial charge in [-0.05, 0) is 76.9 Å². The van der Waals surface area contributed by atoms with Gasteiger partial charge in [0, 0.05) is 19.3 Å². The summed E-state index contributed by atoms with van der Waals surface area (Å²) >= 11 is 0. The number of urea groups is 1. The smallest absolute Gasteiger partial charge is 0.317 e. The number of hydrogen-bond donors (Lipinski definition) is 1. The average Bonchev–Trinajstić information content (AvgIpc) is 2.82. The number of carbonyl (C=O) groups excluding carboxylic acids is 1. The monoisotopic (exact) mass is 346 g/mol. The number of likely N-dealkylation sites (tertiary alicyclic amines) is 1. The highest BCUT2D eigenvalue weighted by Gasteiger charge is 2.11. The van der Waals surface area contributed by atoms with E-state index in [2.05, 4.69) is 22.1 Å². The van der Waals surface area contributed by atoms with E-state index in [0.29, 0.717) is 6.54 Å². The molecule has 1 fully saturated rings. The number of nitrogens with zero attached hydrogens (tertiary/aromatic N) is 3. The van der Waals surface area contributed by atoms with Crippen LogP contribution in [0.25, 0.3) is 0 Å². The van der Waals surface area contributed by atoms with Gasteiger partial charge in [0.2, 0.25) is 0 Å². The van der Waals surface area contributed by atoms with Crippen LogP contribution in [0.15, 0.2) is 12.1 Å². The molecule has 1 aromatic heterocycles. The number of nitrogens with one attached hydrogen (secondary N) is 1. The number of aromatic nitrogens is 1. The molecule has 1 saturated heterocycles. The first kappa shape index (κ1) is 19.7. The van der Waals surface area contributed by atoms with Gasteiger partial charge in [0.25, 0.3) is 0 Å². The number of aryl methyl sites for hydroxylation is 2. The predicted molar refractivity (Wildman–Crippen MR) is 103 cm³/mol. The van der Waals surface area contributed by atoms with Crippen molar-refractivity contribution in [2.75, 3.05) is 33.2 Å². The standard InChI is InChI=1S/C20H34N4O/c1-17-14-18(2)22-19(15-17)16-23(3)20(25)21-10-6-9-13-24-11-7-4-5-8-12-24/h14-15H,4-13,16H2,1-3H3,(H,21,25). The molecule has 5 nitrogen and oxygen atoms in total. The lowest BCUT2D eigenvalue weighted by Crippen LogP contribution is -2.37. The Balaban J connectivity index is 1.62. The second-order valence-corrected chi connectivity index (χ2v) is 7.33. The summed E-state index contributed by atoms with van der Waals surface area (Å²) in [6.07, 6.45) is 7.64. The highest BCUT2D eigenvalue weighted by molar-refractivity contribution is 5.73. The molecule has 0 unspecified atom stereocenters. The van der Waals surface area contributed by atoms with Crippen molar-refractivity contribution in [1.82, 2.24) is 20.1 Å². The van der Waals surface area contributed by atoms with Crippen molar-refractivity contribution in [3.63, 3.8) is 0 Å². The van der Waals surface area contributed by atoms with Gasteiger partial charge in [-0.2, -0.15) is 0 Å². The van der Waals surface area contributed by atoms with Gasteiger partial charge in [0.15, 0.2) is 0 Å². The fraction of sp³-hybridized carbons (Fsp3) is 0.700. The molecular formula is C20H34N4O. The molecule has 0 saturated carbocycles. The van der Waals surface area contributed by atoms with E-state index in [0.717, 1.165) is 37.3 Å². The molecule has 1 N–H and O–H groups in total. The quantitative estimate of drug-likeness (QED) is 0.769. The predicted octanol–water partition coefficient (Wildman–Crippen LogP) is 3.50. The van der Waals surface area contributed by atoms with Crippen LogP contribution in [-0.4, -0.2) is 54.0 Å². The van der Waals surface area contributed by atoms with Gasteiger partial charge in [0.05, 0.1) is 12.2 Å². The maximum absolute atomic E-state index is 12.2. The van der Waals surface area contributed by atoms with Crippen LogP contribution in [0, 0.1) is 13.8 Å². The van der Waals surface area contributed by atoms with Crippen LogP contribution in [0.3, 0.4) is 0 Å². The maximum atomic E-state index is 12.2. The van der Waals surface area contributed by atoms with E-state index in [1.165, 1.54) is 44.3 Å². The van der Waals surface area contributed by atoms with E-state index in [1.807, 2.05) is 26.1 Å². The Morgan fingerprint density at radius 1 is 1.16 bits per heavy atom. The van der Waals surface area contributed by atoms with Crippen LogP contribution in [-0.2, 0) is 6.54 Å². The molecule has 0 atom stereocenters. The summed E-state index contributed by atoms with van der Waals surface area (Å²) < 4.78 is 0. The fourth-order valence-electron chi connectivity index (χ4n) is 3.47. The van der Waals surface area contributed by atoms with E-state index in [9.17, 15) is 4.79 Å². The molecule has 0 bridgehead atoms. The summed E-state index contributed by atoms with van der Waals surface area (Å²) in [7, 11) is 1.83. The van der Waals surface area contributed by atoms with E-state index >= 15 is 0 Å². The number of hydrogen-bond acceptors (Lipinski definition) is 3. The van der Waals surface area contributed by atoms with E-state index in [1.54, 1.807) is 4.90 Å². The van der Waals surface area contributed by atoms with Crippen LogP contribution in [0.5, 0.6) is 0 Å². The zero-order valence-electron chi connectivity index (χ0n) is 16.2. The fourth-order valence-corrected chi connectivity index (χ4v) is 3.47. The molecule has 0 aliphatic carbocycles.